The molecule has 4 rings (SSSR count). The van der Waals surface area contributed by atoms with Crippen LogP contribution >= 0.6 is 11.8 Å². The molecule has 1 aliphatic rings. The van der Waals surface area contributed by atoms with E-state index in [2.05, 4.69) is 51.3 Å². The molecule has 0 radical (unpaired) electrons. The molecule has 4 nitrogen and oxygen atoms in total. The van der Waals surface area contributed by atoms with Crippen molar-refractivity contribution in [2.24, 2.45) is 0 Å². The summed E-state index contributed by atoms with van der Waals surface area (Å²) in [4.78, 5) is 16.9. The van der Waals surface area contributed by atoms with E-state index in [9.17, 15) is 4.79 Å². The molecule has 1 aromatic heterocycles. The van der Waals surface area contributed by atoms with E-state index in [1.54, 1.807) is 6.20 Å². The fourth-order valence-electron chi connectivity index (χ4n) is 3.61. The number of amides is 1. The van der Waals surface area contributed by atoms with Crippen molar-refractivity contribution in [3.05, 3.63) is 83.7 Å². The zero-order valence-corrected chi connectivity index (χ0v) is 16.0. The Morgan fingerprint density at radius 2 is 1.96 bits per heavy atom. The Morgan fingerprint density at radius 3 is 2.85 bits per heavy atom. The third-order valence-corrected chi connectivity index (χ3v) is 5.91. The number of rotatable bonds is 6. The van der Waals surface area contributed by atoms with E-state index >= 15 is 0 Å². The van der Waals surface area contributed by atoms with Crippen molar-refractivity contribution in [2.75, 3.05) is 5.75 Å². The maximum Gasteiger partial charge on any atom is 0.230 e. The highest BCUT2D eigenvalue weighted by atomic mass is 32.2. The van der Waals surface area contributed by atoms with E-state index in [0.717, 1.165) is 31.0 Å². The minimum atomic E-state index is 0.0657. The third-order valence-electron chi connectivity index (χ3n) is 4.91. The first-order valence-corrected chi connectivity index (χ1v) is 10.3. The first-order chi connectivity index (χ1) is 13.3. The number of nitrogens with one attached hydrogen (secondary N) is 1. The SMILES string of the molecule is O=C(CSc1nccn1Cc1ccccc1)NC1CCCc2ccccc21. The molecule has 1 amide bonds. The van der Waals surface area contributed by atoms with Crippen LogP contribution in [0.15, 0.2) is 72.1 Å². The minimum absolute atomic E-state index is 0.0657. The number of thioether (sulfide) groups is 1. The summed E-state index contributed by atoms with van der Waals surface area (Å²) in [6.45, 7) is 0.765. The molecule has 3 aromatic rings. The molecule has 0 aliphatic heterocycles. The average molecular weight is 378 g/mol. The van der Waals surface area contributed by atoms with Crippen LogP contribution in [0.25, 0.3) is 0 Å². The highest BCUT2D eigenvalue weighted by molar-refractivity contribution is 7.99. The number of carbonyl (C=O) groups excluding carboxylic acids is 1. The van der Waals surface area contributed by atoms with Crippen molar-refractivity contribution < 1.29 is 4.79 Å². The molecule has 0 spiro atoms. The van der Waals surface area contributed by atoms with Gasteiger partial charge in [-0.05, 0) is 36.0 Å². The Hall–Kier alpha value is -2.53. The van der Waals surface area contributed by atoms with E-state index in [1.807, 2.05) is 24.4 Å². The number of benzene rings is 2. The first kappa shape index (κ1) is 17.9. The van der Waals surface area contributed by atoms with Gasteiger partial charge in [0.15, 0.2) is 5.16 Å². The number of aromatic nitrogens is 2. The van der Waals surface area contributed by atoms with Gasteiger partial charge < -0.3 is 9.88 Å². The molecule has 1 N–H and O–H groups in total. The summed E-state index contributed by atoms with van der Waals surface area (Å²) in [5.41, 5.74) is 3.85. The van der Waals surface area contributed by atoms with Gasteiger partial charge in [0, 0.05) is 18.9 Å². The number of carbonyl (C=O) groups is 1. The minimum Gasteiger partial charge on any atom is -0.349 e. The van der Waals surface area contributed by atoms with Crippen molar-refractivity contribution in [1.82, 2.24) is 14.9 Å². The van der Waals surface area contributed by atoms with E-state index in [1.165, 1.54) is 28.5 Å². The van der Waals surface area contributed by atoms with Crippen LogP contribution in [0.2, 0.25) is 0 Å². The van der Waals surface area contributed by atoms with Crippen molar-refractivity contribution in [2.45, 2.75) is 37.0 Å². The average Bonchev–Trinajstić information content (AvgIpc) is 3.14. The van der Waals surface area contributed by atoms with E-state index < -0.39 is 0 Å². The lowest BCUT2D eigenvalue weighted by atomic mass is 9.88. The number of imidazole rings is 1. The largest absolute Gasteiger partial charge is 0.349 e. The Labute approximate surface area is 164 Å². The molecule has 0 bridgehead atoms. The van der Waals surface area contributed by atoms with Crippen molar-refractivity contribution >= 4 is 17.7 Å². The lowest BCUT2D eigenvalue weighted by Crippen LogP contribution is -2.32. The highest BCUT2D eigenvalue weighted by Crippen LogP contribution is 2.29. The third kappa shape index (κ3) is 4.42. The van der Waals surface area contributed by atoms with Crippen LogP contribution in [0.5, 0.6) is 0 Å². The van der Waals surface area contributed by atoms with Gasteiger partial charge in [-0.15, -0.1) is 0 Å². The summed E-state index contributed by atoms with van der Waals surface area (Å²) in [5, 5.41) is 4.08. The molecule has 0 fully saturated rings. The fourth-order valence-corrected chi connectivity index (χ4v) is 4.38. The molecule has 5 heteroatoms. The second-order valence-electron chi connectivity index (χ2n) is 6.82. The Morgan fingerprint density at radius 1 is 1.15 bits per heavy atom. The van der Waals surface area contributed by atoms with E-state index in [0.29, 0.717) is 5.75 Å². The van der Waals surface area contributed by atoms with Crippen molar-refractivity contribution in [3.8, 4) is 0 Å². The van der Waals surface area contributed by atoms with Crippen LogP contribution in [0, 0.1) is 0 Å². The number of fused-ring (bicyclic) bond motifs is 1. The molecule has 1 heterocycles. The molecule has 1 aliphatic carbocycles. The Bertz CT molecular complexity index is 907. The van der Waals surface area contributed by atoms with Crippen LogP contribution in [0.1, 0.15) is 35.6 Å². The Balaban J connectivity index is 1.35. The molecule has 1 atom stereocenters. The van der Waals surface area contributed by atoms with Crippen LogP contribution in [-0.2, 0) is 17.8 Å². The van der Waals surface area contributed by atoms with Gasteiger partial charge in [0.2, 0.25) is 5.91 Å². The van der Waals surface area contributed by atoms with Gasteiger partial charge in [0.05, 0.1) is 11.8 Å². The Kier molecular flexibility index (Phi) is 5.58. The predicted molar refractivity (Wildman–Crippen MR) is 109 cm³/mol. The lowest BCUT2D eigenvalue weighted by molar-refractivity contribution is -0.119. The van der Waals surface area contributed by atoms with Gasteiger partial charge in [-0.1, -0.05) is 66.4 Å². The number of nitrogens with zero attached hydrogens (tertiary/aromatic N) is 2. The summed E-state index contributed by atoms with van der Waals surface area (Å²) in [6, 6.07) is 18.9. The van der Waals surface area contributed by atoms with Gasteiger partial charge in [-0.25, -0.2) is 4.98 Å². The van der Waals surface area contributed by atoms with Gasteiger partial charge in [-0.3, -0.25) is 4.79 Å². The van der Waals surface area contributed by atoms with Gasteiger partial charge in [0.1, 0.15) is 0 Å². The normalized spacial score (nSPS) is 15.9. The molecule has 2 aromatic carbocycles. The summed E-state index contributed by atoms with van der Waals surface area (Å²) in [7, 11) is 0. The van der Waals surface area contributed by atoms with Gasteiger partial charge in [-0.2, -0.15) is 0 Å². The summed E-state index contributed by atoms with van der Waals surface area (Å²) < 4.78 is 2.09. The number of aryl methyl sites for hydroxylation is 1. The molecular weight excluding hydrogens is 354 g/mol. The van der Waals surface area contributed by atoms with Crippen LogP contribution in [0.4, 0.5) is 0 Å². The summed E-state index contributed by atoms with van der Waals surface area (Å²) in [5.74, 6) is 0.445. The van der Waals surface area contributed by atoms with E-state index in [-0.39, 0.29) is 11.9 Å². The smallest absolute Gasteiger partial charge is 0.230 e. The topological polar surface area (TPSA) is 46.9 Å². The molecule has 0 saturated carbocycles. The monoisotopic (exact) mass is 377 g/mol. The second kappa shape index (κ2) is 8.44. The zero-order valence-electron chi connectivity index (χ0n) is 15.2. The van der Waals surface area contributed by atoms with Crippen LogP contribution in [0.3, 0.4) is 0 Å². The molecular formula is C22H23N3OS. The molecule has 0 saturated heterocycles. The van der Waals surface area contributed by atoms with Crippen molar-refractivity contribution in [3.63, 3.8) is 0 Å². The van der Waals surface area contributed by atoms with Crippen molar-refractivity contribution in [1.29, 1.82) is 0 Å². The maximum atomic E-state index is 12.5. The second-order valence-corrected chi connectivity index (χ2v) is 7.77. The number of hydrogen-bond donors (Lipinski definition) is 1. The lowest BCUT2D eigenvalue weighted by Gasteiger charge is -2.26. The van der Waals surface area contributed by atoms with Crippen LogP contribution < -0.4 is 5.32 Å². The quantitative estimate of drug-likeness (QED) is 0.655. The highest BCUT2D eigenvalue weighted by Gasteiger charge is 2.21. The number of hydrogen-bond acceptors (Lipinski definition) is 3. The molecule has 1 unspecified atom stereocenters. The summed E-state index contributed by atoms with van der Waals surface area (Å²) in [6.07, 6.45) is 6.99. The van der Waals surface area contributed by atoms with Gasteiger partial charge in [0.25, 0.3) is 0 Å². The first-order valence-electron chi connectivity index (χ1n) is 9.34. The van der Waals surface area contributed by atoms with E-state index in [4.69, 9.17) is 0 Å². The molecule has 27 heavy (non-hydrogen) atoms. The predicted octanol–water partition coefficient (Wildman–Crippen LogP) is 4.22. The standard InChI is InChI=1S/C22H23N3OS/c26-21(24-20-12-6-10-18-9-4-5-11-19(18)20)16-27-22-23-13-14-25(22)15-17-7-2-1-3-8-17/h1-5,7-9,11,13-14,20H,6,10,12,15-16H2,(H,24,26). The zero-order chi connectivity index (χ0) is 18.5. The molecule has 138 valence electrons. The van der Waals surface area contributed by atoms with Gasteiger partial charge >= 0.3 is 0 Å². The van der Waals surface area contributed by atoms with Crippen LogP contribution in [-0.4, -0.2) is 21.2 Å². The maximum absolute atomic E-state index is 12.5. The summed E-state index contributed by atoms with van der Waals surface area (Å²) >= 11 is 1.49. The fraction of sp³-hybridized carbons (Fsp3) is 0.273.